The normalized spacial score (nSPS) is 22.8. The van der Waals surface area contributed by atoms with Crippen LogP contribution in [-0.4, -0.2) is 69.4 Å². The van der Waals surface area contributed by atoms with Crippen molar-refractivity contribution in [3.63, 3.8) is 0 Å². The van der Waals surface area contributed by atoms with E-state index in [0.29, 0.717) is 11.9 Å². The molecule has 5 rings (SSSR count). The zero-order chi connectivity index (χ0) is 24.9. The number of aryl methyl sites for hydroxylation is 1. The number of rotatable bonds is 6. The second kappa shape index (κ2) is 9.13. The van der Waals surface area contributed by atoms with Crippen molar-refractivity contribution < 1.29 is 25.2 Å². The van der Waals surface area contributed by atoms with Gasteiger partial charge in [0, 0.05) is 16.4 Å². The molecule has 184 valence electrons. The molecule has 4 atom stereocenters. The topological polar surface area (TPSA) is 189 Å². The van der Waals surface area contributed by atoms with Crippen molar-refractivity contribution >= 4 is 55.6 Å². The van der Waals surface area contributed by atoms with Crippen LogP contribution >= 0.6 is 15.9 Å². The maximum absolute atomic E-state index is 10.9. The van der Waals surface area contributed by atoms with Crippen LogP contribution in [0.2, 0.25) is 0 Å². The van der Waals surface area contributed by atoms with Gasteiger partial charge in [-0.25, -0.2) is 15.0 Å². The Balaban J connectivity index is 1.67. The molecule has 1 aromatic carbocycles. The molecule has 0 radical (unpaired) electrons. The van der Waals surface area contributed by atoms with E-state index in [0.717, 1.165) is 16.4 Å². The second-order valence-electron chi connectivity index (χ2n) is 8.13. The standard InChI is InChI=1S/C21H23BrN8O5/c1-2-5-29-11-4-3-9(22)6-10(11)14(32)19(29)27-28-21-26-13-17(23)24-8-25-18(13)30(21)20-16(34)15(33)12(7-31)35-20/h3-4,6,8,12,15-16,20,31-34H,2,5,7H2,1H3,(H2,23,24,25)/t12-,15-,16-,20-/m1/s1. The van der Waals surface area contributed by atoms with Gasteiger partial charge in [-0.2, -0.15) is 0 Å². The predicted molar refractivity (Wildman–Crippen MR) is 129 cm³/mol. The summed E-state index contributed by atoms with van der Waals surface area (Å²) in [7, 11) is 0. The van der Waals surface area contributed by atoms with Crippen LogP contribution in [-0.2, 0) is 11.3 Å². The molecule has 0 unspecified atom stereocenters. The third-order valence-corrected chi connectivity index (χ3v) is 6.40. The molecule has 35 heavy (non-hydrogen) atoms. The Morgan fingerprint density at radius 1 is 1.20 bits per heavy atom. The number of azo groups is 1. The summed E-state index contributed by atoms with van der Waals surface area (Å²) in [5.74, 6) is 0.202. The van der Waals surface area contributed by atoms with Crippen LogP contribution in [0.5, 0.6) is 5.75 Å². The van der Waals surface area contributed by atoms with Gasteiger partial charge in [0.1, 0.15) is 24.6 Å². The van der Waals surface area contributed by atoms with Gasteiger partial charge in [0.2, 0.25) is 0 Å². The van der Waals surface area contributed by atoms with Crippen molar-refractivity contribution in [3.8, 4) is 5.75 Å². The lowest BCUT2D eigenvalue weighted by molar-refractivity contribution is -0.0503. The number of halogens is 1. The van der Waals surface area contributed by atoms with Crippen LogP contribution in [0, 0.1) is 0 Å². The van der Waals surface area contributed by atoms with Crippen LogP contribution in [0.3, 0.4) is 0 Å². The van der Waals surface area contributed by atoms with Crippen molar-refractivity contribution in [2.75, 3.05) is 12.3 Å². The van der Waals surface area contributed by atoms with Crippen LogP contribution in [0.25, 0.3) is 22.1 Å². The quantitative estimate of drug-likeness (QED) is 0.226. The van der Waals surface area contributed by atoms with E-state index in [9.17, 15) is 20.4 Å². The molecule has 4 heterocycles. The van der Waals surface area contributed by atoms with Crippen LogP contribution in [0.15, 0.2) is 39.2 Å². The van der Waals surface area contributed by atoms with Crippen molar-refractivity contribution in [2.24, 2.45) is 10.2 Å². The molecular weight excluding hydrogens is 524 g/mol. The Labute approximate surface area is 206 Å². The largest absolute Gasteiger partial charge is 0.504 e. The van der Waals surface area contributed by atoms with Gasteiger partial charge in [0.25, 0.3) is 5.95 Å². The van der Waals surface area contributed by atoms with Crippen molar-refractivity contribution in [3.05, 3.63) is 29.0 Å². The minimum Gasteiger partial charge on any atom is -0.504 e. The van der Waals surface area contributed by atoms with E-state index in [-0.39, 0.29) is 34.5 Å². The second-order valence-corrected chi connectivity index (χ2v) is 9.04. The Kier molecular flexibility index (Phi) is 6.14. The fraction of sp³-hybridized carbons (Fsp3) is 0.381. The number of ether oxygens (including phenoxy) is 1. The summed E-state index contributed by atoms with van der Waals surface area (Å²) in [6.07, 6.45) is -2.95. The van der Waals surface area contributed by atoms with E-state index < -0.39 is 31.1 Å². The lowest BCUT2D eigenvalue weighted by Gasteiger charge is -2.17. The highest BCUT2D eigenvalue weighted by atomic mass is 79.9. The summed E-state index contributed by atoms with van der Waals surface area (Å²) >= 11 is 3.42. The molecule has 4 aromatic rings. The number of nitrogen functional groups attached to an aromatic ring is 1. The van der Waals surface area contributed by atoms with E-state index in [4.69, 9.17) is 10.5 Å². The first-order valence-electron chi connectivity index (χ1n) is 10.9. The number of aromatic hydroxyl groups is 1. The van der Waals surface area contributed by atoms with Gasteiger partial charge >= 0.3 is 0 Å². The SMILES string of the molecule is CCCn1c(N=Nc2nc3c(N)ncnc3n2[C@@H]2O[C@H](CO)[C@@H](O)[C@H]2O)c(O)c2cc(Br)ccc21. The van der Waals surface area contributed by atoms with Gasteiger partial charge in [-0.1, -0.05) is 22.9 Å². The molecule has 13 nitrogen and oxygen atoms in total. The highest BCUT2D eigenvalue weighted by Crippen LogP contribution is 2.41. The predicted octanol–water partition coefficient (Wildman–Crippen LogP) is 2.27. The molecule has 0 bridgehead atoms. The first-order valence-corrected chi connectivity index (χ1v) is 11.7. The molecule has 3 aromatic heterocycles. The number of fused-ring (bicyclic) bond motifs is 2. The minimum absolute atomic E-state index is 0.0454. The molecular formula is C21H23BrN8O5. The number of aliphatic hydroxyl groups is 3. The van der Waals surface area contributed by atoms with E-state index >= 15 is 0 Å². The monoisotopic (exact) mass is 546 g/mol. The Bertz CT molecular complexity index is 1440. The van der Waals surface area contributed by atoms with Crippen LogP contribution < -0.4 is 5.73 Å². The van der Waals surface area contributed by atoms with Crippen molar-refractivity contribution in [1.29, 1.82) is 0 Å². The maximum Gasteiger partial charge on any atom is 0.254 e. The lowest BCUT2D eigenvalue weighted by Crippen LogP contribution is -2.33. The molecule has 0 amide bonds. The Morgan fingerprint density at radius 3 is 2.71 bits per heavy atom. The van der Waals surface area contributed by atoms with Crippen molar-refractivity contribution in [1.82, 2.24) is 24.1 Å². The minimum atomic E-state index is -1.41. The highest BCUT2D eigenvalue weighted by Gasteiger charge is 2.45. The smallest absolute Gasteiger partial charge is 0.254 e. The molecule has 14 heteroatoms. The molecule has 0 saturated carbocycles. The van der Waals surface area contributed by atoms with Crippen LogP contribution in [0.1, 0.15) is 19.6 Å². The average Bonchev–Trinajstić information content (AvgIpc) is 3.44. The number of aromatic nitrogens is 5. The molecule has 1 fully saturated rings. The number of nitrogens with zero attached hydrogens (tertiary/aromatic N) is 7. The number of imidazole rings is 1. The zero-order valence-electron chi connectivity index (χ0n) is 18.5. The van der Waals surface area contributed by atoms with Gasteiger partial charge in [-0.15, -0.1) is 10.2 Å². The van der Waals surface area contributed by atoms with Gasteiger partial charge in [0.15, 0.2) is 34.8 Å². The number of benzene rings is 1. The van der Waals surface area contributed by atoms with Gasteiger partial charge in [-0.3, -0.25) is 4.57 Å². The molecule has 1 aliphatic heterocycles. The Hall–Kier alpha value is -3.17. The molecule has 1 aliphatic rings. The summed E-state index contributed by atoms with van der Waals surface area (Å²) in [4.78, 5) is 12.5. The number of hydrogen-bond acceptors (Lipinski definition) is 11. The highest BCUT2D eigenvalue weighted by molar-refractivity contribution is 9.10. The fourth-order valence-electron chi connectivity index (χ4n) is 4.25. The third kappa shape index (κ3) is 3.83. The van der Waals surface area contributed by atoms with Gasteiger partial charge in [-0.05, 0) is 24.6 Å². The Morgan fingerprint density at radius 2 is 2.00 bits per heavy atom. The van der Waals surface area contributed by atoms with Crippen LogP contribution in [0.4, 0.5) is 17.6 Å². The fourth-order valence-corrected chi connectivity index (χ4v) is 4.61. The summed E-state index contributed by atoms with van der Waals surface area (Å²) in [5.41, 5.74) is 7.15. The first-order chi connectivity index (χ1) is 16.8. The summed E-state index contributed by atoms with van der Waals surface area (Å²) < 4.78 is 9.66. The number of aliphatic hydroxyl groups excluding tert-OH is 3. The van der Waals surface area contributed by atoms with Crippen molar-refractivity contribution in [2.45, 2.75) is 44.4 Å². The molecule has 6 N–H and O–H groups in total. The first kappa shape index (κ1) is 23.6. The summed E-state index contributed by atoms with van der Waals surface area (Å²) in [5, 5.41) is 50.5. The lowest BCUT2D eigenvalue weighted by atomic mass is 10.1. The molecule has 0 aliphatic carbocycles. The number of nitrogens with two attached hydrogens (primary N) is 1. The summed E-state index contributed by atoms with van der Waals surface area (Å²) in [6, 6.07) is 5.54. The average molecular weight is 547 g/mol. The van der Waals surface area contributed by atoms with E-state index in [1.807, 2.05) is 23.6 Å². The third-order valence-electron chi connectivity index (χ3n) is 5.91. The number of anilines is 1. The van der Waals surface area contributed by atoms with Gasteiger partial charge in [0.05, 0.1) is 12.1 Å². The van der Waals surface area contributed by atoms with E-state index in [2.05, 4.69) is 41.1 Å². The zero-order valence-corrected chi connectivity index (χ0v) is 20.1. The summed E-state index contributed by atoms with van der Waals surface area (Å²) in [6.45, 7) is 2.08. The van der Waals surface area contributed by atoms with E-state index in [1.54, 1.807) is 6.07 Å². The number of hydrogen-bond donors (Lipinski definition) is 5. The molecule has 1 saturated heterocycles. The van der Waals surface area contributed by atoms with E-state index in [1.165, 1.54) is 10.9 Å². The molecule has 0 spiro atoms. The maximum atomic E-state index is 10.9. The van der Waals surface area contributed by atoms with Gasteiger partial charge < -0.3 is 35.5 Å².